The summed E-state index contributed by atoms with van der Waals surface area (Å²) in [7, 11) is 1.63. The topological polar surface area (TPSA) is 52.6 Å². The molecule has 5 rings (SSSR count). The Labute approximate surface area is 161 Å². The third kappa shape index (κ3) is 2.50. The van der Waals surface area contributed by atoms with Crippen molar-refractivity contribution in [2.75, 3.05) is 7.11 Å². The van der Waals surface area contributed by atoms with E-state index in [1.807, 2.05) is 60.7 Å². The van der Waals surface area contributed by atoms with Gasteiger partial charge >= 0.3 is 0 Å². The van der Waals surface area contributed by atoms with Gasteiger partial charge in [0.1, 0.15) is 11.3 Å². The number of methoxy groups -OCH3 is 1. The van der Waals surface area contributed by atoms with Crippen LogP contribution in [-0.4, -0.2) is 12.9 Å². The van der Waals surface area contributed by atoms with Gasteiger partial charge in [0, 0.05) is 10.9 Å². The second-order valence-electron chi connectivity index (χ2n) is 6.50. The predicted molar refractivity (Wildman–Crippen MR) is 108 cm³/mol. The number of carbonyl (C=O) groups excluding carboxylic acids is 1. The monoisotopic (exact) mass is 368 g/mol. The van der Waals surface area contributed by atoms with Crippen LogP contribution in [0.3, 0.4) is 0 Å². The fraction of sp³-hybridized carbons (Fsp3) is 0.0417. The first-order valence-electron chi connectivity index (χ1n) is 8.93. The van der Waals surface area contributed by atoms with Gasteiger partial charge in [0.2, 0.25) is 0 Å². The quantitative estimate of drug-likeness (QED) is 0.360. The van der Waals surface area contributed by atoms with E-state index in [2.05, 4.69) is 0 Å². The molecule has 5 aromatic rings. The van der Waals surface area contributed by atoms with Crippen LogP contribution >= 0.6 is 0 Å². The van der Waals surface area contributed by atoms with Crippen molar-refractivity contribution in [3.63, 3.8) is 0 Å². The highest BCUT2D eigenvalue weighted by Gasteiger charge is 2.25. The Morgan fingerprint density at radius 3 is 2.46 bits per heavy atom. The van der Waals surface area contributed by atoms with Gasteiger partial charge in [0.25, 0.3) is 5.78 Å². The first-order chi connectivity index (χ1) is 13.8. The van der Waals surface area contributed by atoms with Crippen molar-refractivity contribution in [2.45, 2.75) is 0 Å². The van der Waals surface area contributed by atoms with E-state index < -0.39 is 0 Å². The molecule has 136 valence electrons. The Hall–Kier alpha value is -3.79. The minimum absolute atomic E-state index is 0.248. The average Bonchev–Trinajstić information content (AvgIpc) is 3.41. The predicted octanol–water partition coefficient (Wildman–Crippen LogP) is 6.09. The fourth-order valence-electron chi connectivity index (χ4n) is 3.58. The molecule has 3 aromatic carbocycles. The van der Waals surface area contributed by atoms with Gasteiger partial charge in [-0.2, -0.15) is 0 Å². The van der Waals surface area contributed by atoms with Crippen LogP contribution in [-0.2, 0) is 0 Å². The summed E-state index contributed by atoms with van der Waals surface area (Å²) in [5, 5.41) is 3.04. The minimum atomic E-state index is -0.281. The highest BCUT2D eigenvalue weighted by Crippen LogP contribution is 2.40. The SMILES string of the molecule is COc1ccc(-c2c(C(=O)c3ccco3)oc3ccc4ccccc4c23)cc1. The number of ether oxygens (including phenoxy) is 1. The molecule has 0 aliphatic heterocycles. The molecule has 0 unspecified atom stereocenters. The number of ketones is 1. The zero-order valence-electron chi connectivity index (χ0n) is 15.1. The Morgan fingerprint density at radius 2 is 1.71 bits per heavy atom. The highest BCUT2D eigenvalue weighted by molar-refractivity contribution is 6.20. The maximum Gasteiger partial charge on any atom is 0.263 e. The molecular weight excluding hydrogens is 352 g/mol. The van der Waals surface area contributed by atoms with Gasteiger partial charge in [-0.3, -0.25) is 4.79 Å². The van der Waals surface area contributed by atoms with Crippen LogP contribution in [0.25, 0.3) is 32.9 Å². The van der Waals surface area contributed by atoms with Crippen LogP contribution in [0.1, 0.15) is 16.3 Å². The Kier molecular flexibility index (Phi) is 3.76. The number of rotatable bonds is 4. The van der Waals surface area contributed by atoms with E-state index in [0.717, 1.165) is 33.0 Å². The summed E-state index contributed by atoms with van der Waals surface area (Å²) in [5.74, 6) is 0.987. The van der Waals surface area contributed by atoms with Crippen molar-refractivity contribution < 1.29 is 18.4 Å². The van der Waals surface area contributed by atoms with Crippen LogP contribution in [0, 0.1) is 0 Å². The third-order valence-electron chi connectivity index (χ3n) is 4.91. The summed E-state index contributed by atoms with van der Waals surface area (Å²) in [6.45, 7) is 0. The Bertz CT molecular complexity index is 1290. The maximum absolute atomic E-state index is 13.1. The molecule has 0 N–H and O–H groups in total. The van der Waals surface area contributed by atoms with Gasteiger partial charge in [-0.05, 0) is 46.7 Å². The van der Waals surface area contributed by atoms with Gasteiger partial charge < -0.3 is 13.6 Å². The van der Waals surface area contributed by atoms with E-state index in [1.54, 1.807) is 19.2 Å². The van der Waals surface area contributed by atoms with Crippen molar-refractivity contribution >= 4 is 27.5 Å². The van der Waals surface area contributed by atoms with E-state index in [-0.39, 0.29) is 17.3 Å². The largest absolute Gasteiger partial charge is 0.497 e. The van der Waals surface area contributed by atoms with Gasteiger partial charge in [-0.15, -0.1) is 0 Å². The summed E-state index contributed by atoms with van der Waals surface area (Å²) in [6, 6.07) is 22.9. The molecule has 0 aliphatic carbocycles. The standard InChI is InChI=1S/C24H16O4/c1-26-17-11-8-16(9-12-17)21-22-18-6-3-2-5-15(18)10-13-19(22)28-24(21)23(25)20-7-4-14-27-20/h2-14H,1H3. The Balaban J connectivity index is 1.86. The smallest absolute Gasteiger partial charge is 0.263 e. The van der Waals surface area contributed by atoms with Crippen molar-refractivity contribution in [1.29, 1.82) is 0 Å². The normalized spacial score (nSPS) is 11.2. The molecular formula is C24H16O4. The fourth-order valence-corrected chi connectivity index (χ4v) is 3.58. The van der Waals surface area contributed by atoms with E-state index in [1.165, 1.54) is 6.26 Å². The molecule has 0 fully saturated rings. The van der Waals surface area contributed by atoms with Crippen LogP contribution in [0.15, 0.2) is 87.9 Å². The molecule has 2 heterocycles. The zero-order chi connectivity index (χ0) is 19.1. The van der Waals surface area contributed by atoms with E-state index in [0.29, 0.717) is 5.58 Å². The lowest BCUT2D eigenvalue weighted by Crippen LogP contribution is -1.99. The molecule has 0 bridgehead atoms. The number of hydrogen-bond donors (Lipinski definition) is 0. The molecule has 0 saturated carbocycles. The summed E-state index contributed by atoms with van der Waals surface area (Å²) in [4.78, 5) is 13.1. The summed E-state index contributed by atoms with van der Waals surface area (Å²) in [6.07, 6.45) is 1.48. The van der Waals surface area contributed by atoms with Gasteiger partial charge in [0.15, 0.2) is 11.5 Å². The molecule has 4 nitrogen and oxygen atoms in total. The van der Waals surface area contributed by atoms with Crippen LogP contribution in [0.2, 0.25) is 0 Å². The number of furan rings is 2. The van der Waals surface area contributed by atoms with E-state index >= 15 is 0 Å². The first kappa shape index (κ1) is 16.4. The molecule has 0 radical (unpaired) electrons. The van der Waals surface area contributed by atoms with Crippen LogP contribution < -0.4 is 4.74 Å². The van der Waals surface area contributed by atoms with Crippen molar-refractivity contribution in [2.24, 2.45) is 0 Å². The molecule has 4 heteroatoms. The van der Waals surface area contributed by atoms with Crippen molar-refractivity contribution in [3.8, 4) is 16.9 Å². The van der Waals surface area contributed by atoms with Crippen molar-refractivity contribution in [1.82, 2.24) is 0 Å². The van der Waals surface area contributed by atoms with E-state index in [4.69, 9.17) is 13.6 Å². The summed E-state index contributed by atoms with van der Waals surface area (Å²) >= 11 is 0. The lowest BCUT2D eigenvalue weighted by molar-refractivity contribution is 0.0986. The molecule has 0 aliphatic rings. The number of benzene rings is 3. The summed E-state index contributed by atoms with van der Waals surface area (Å²) in [5.41, 5.74) is 2.31. The number of hydrogen-bond acceptors (Lipinski definition) is 4. The van der Waals surface area contributed by atoms with Gasteiger partial charge in [-0.25, -0.2) is 0 Å². The second-order valence-corrected chi connectivity index (χ2v) is 6.50. The molecule has 0 saturated heterocycles. The number of fused-ring (bicyclic) bond motifs is 3. The zero-order valence-corrected chi connectivity index (χ0v) is 15.1. The van der Waals surface area contributed by atoms with Gasteiger partial charge in [-0.1, -0.05) is 42.5 Å². The third-order valence-corrected chi connectivity index (χ3v) is 4.91. The van der Waals surface area contributed by atoms with E-state index in [9.17, 15) is 4.79 Å². The number of carbonyl (C=O) groups is 1. The molecule has 0 amide bonds. The van der Waals surface area contributed by atoms with Crippen molar-refractivity contribution in [3.05, 3.63) is 90.6 Å². The Morgan fingerprint density at radius 1 is 0.893 bits per heavy atom. The first-order valence-corrected chi connectivity index (χ1v) is 8.93. The second kappa shape index (κ2) is 6.43. The molecule has 28 heavy (non-hydrogen) atoms. The minimum Gasteiger partial charge on any atom is -0.497 e. The van der Waals surface area contributed by atoms with Gasteiger partial charge in [0.05, 0.1) is 13.4 Å². The lowest BCUT2D eigenvalue weighted by atomic mass is 9.96. The molecule has 0 spiro atoms. The average molecular weight is 368 g/mol. The summed E-state index contributed by atoms with van der Waals surface area (Å²) < 4.78 is 16.7. The maximum atomic E-state index is 13.1. The van der Waals surface area contributed by atoms with Crippen LogP contribution in [0.4, 0.5) is 0 Å². The highest BCUT2D eigenvalue weighted by atomic mass is 16.5. The molecule has 2 aromatic heterocycles. The molecule has 0 atom stereocenters. The lowest BCUT2D eigenvalue weighted by Gasteiger charge is -2.06. The van der Waals surface area contributed by atoms with Crippen LogP contribution in [0.5, 0.6) is 5.75 Å².